The highest BCUT2D eigenvalue weighted by molar-refractivity contribution is 4.87. The highest BCUT2D eigenvalue weighted by Crippen LogP contribution is 2.37. The molecule has 2 saturated heterocycles. The van der Waals surface area contributed by atoms with Crippen molar-refractivity contribution in [1.82, 2.24) is 9.80 Å². The Bertz CT molecular complexity index is 205. The van der Waals surface area contributed by atoms with Crippen molar-refractivity contribution in [3.63, 3.8) is 0 Å². The molecule has 2 heterocycles. The molecule has 4 atom stereocenters. The summed E-state index contributed by atoms with van der Waals surface area (Å²) >= 11 is 0. The molecule has 0 N–H and O–H groups in total. The van der Waals surface area contributed by atoms with Gasteiger partial charge in [-0.25, -0.2) is 0 Å². The molecule has 0 radical (unpaired) electrons. The number of hydrogen-bond donors (Lipinski definition) is 0. The van der Waals surface area contributed by atoms with Gasteiger partial charge in [0.15, 0.2) is 0 Å². The van der Waals surface area contributed by atoms with Crippen LogP contribution in [0.2, 0.25) is 0 Å². The molecule has 4 unspecified atom stereocenters. The minimum atomic E-state index is 0.898. The molecule has 0 amide bonds. The molecule has 2 rings (SSSR count). The Morgan fingerprint density at radius 1 is 0.750 bits per heavy atom. The molecular weight excluding hydrogens is 196 g/mol. The van der Waals surface area contributed by atoms with Crippen LogP contribution in [0.4, 0.5) is 0 Å². The van der Waals surface area contributed by atoms with Gasteiger partial charge in [0.05, 0.1) is 0 Å². The summed E-state index contributed by atoms with van der Waals surface area (Å²) < 4.78 is 0. The first-order valence-electron chi connectivity index (χ1n) is 6.95. The fourth-order valence-electron chi connectivity index (χ4n) is 4.02. The zero-order valence-corrected chi connectivity index (χ0v) is 11.4. The first kappa shape index (κ1) is 12.4. The third kappa shape index (κ3) is 2.60. The summed E-state index contributed by atoms with van der Waals surface area (Å²) in [5, 5.41) is 0. The van der Waals surface area contributed by atoms with Gasteiger partial charge in [0.1, 0.15) is 0 Å². The van der Waals surface area contributed by atoms with Crippen LogP contribution in [-0.4, -0.2) is 50.1 Å². The minimum absolute atomic E-state index is 0.898. The summed E-state index contributed by atoms with van der Waals surface area (Å²) in [6.45, 7) is 10.2. The monoisotopic (exact) mass is 224 g/mol. The molecule has 0 aromatic rings. The van der Waals surface area contributed by atoms with Gasteiger partial charge in [0.2, 0.25) is 0 Å². The maximum atomic E-state index is 2.50. The molecule has 0 spiro atoms. The molecule has 2 heteroatoms. The third-order valence-electron chi connectivity index (χ3n) is 4.90. The van der Waals surface area contributed by atoms with Gasteiger partial charge in [0.25, 0.3) is 0 Å². The Kier molecular flexibility index (Phi) is 3.91. The lowest BCUT2D eigenvalue weighted by atomic mass is 9.70. The van der Waals surface area contributed by atoms with E-state index in [0.717, 1.165) is 23.7 Å². The molecule has 2 fully saturated rings. The normalized spacial score (nSPS) is 43.5. The lowest BCUT2D eigenvalue weighted by molar-refractivity contribution is 0.0408. The number of rotatable bonds is 1. The molecule has 0 aromatic heterocycles. The number of hydrogen-bond acceptors (Lipinski definition) is 2. The van der Waals surface area contributed by atoms with E-state index in [2.05, 4.69) is 37.7 Å². The van der Waals surface area contributed by atoms with Crippen LogP contribution in [-0.2, 0) is 0 Å². The summed E-state index contributed by atoms with van der Waals surface area (Å²) in [7, 11) is 4.54. The van der Waals surface area contributed by atoms with Crippen LogP contribution in [0.25, 0.3) is 0 Å². The van der Waals surface area contributed by atoms with Gasteiger partial charge in [-0.2, -0.15) is 0 Å². The van der Waals surface area contributed by atoms with Crippen molar-refractivity contribution in [3.8, 4) is 0 Å². The maximum absolute atomic E-state index is 2.50. The molecule has 0 saturated carbocycles. The van der Waals surface area contributed by atoms with Crippen molar-refractivity contribution in [2.75, 3.05) is 40.3 Å². The number of piperidine rings is 2. The molecule has 16 heavy (non-hydrogen) atoms. The Balaban J connectivity index is 1.96. The van der Waals surface area contributed by atoms with E-state index in [4.69, 9.17) is 0 Å². The van der Waals surface area contributed by atoms with Crippen LogP contribution in [0.5, 0.6) is 0 Å². The average molecular weight is 224 g/mol. The fourth-order valence-corrected chi connectivity index (χ4v) is 4.02. The van der Waals surface area contributed by atoms with Gasteiger partial charge in [-0.15, -0.1) is 0 Å². The number of likely N-dealkylation sites (tertiary alicyclic amines) is 2. The standard InChI is InChI=1S/C14H28N2/c1-11-9-15(3)7-5-13(11)14-6-8-16(4)10-12(14)2/h11-14H,5-10H2,1-4H3. The van der Waals surface area contributed by atoms with E-state index in [1.807, 2.05) is 0 Å². The van der Waals surface area contributed by atoms with Gasteiger partial charge in [-0.1, -0.05) is 13.8 Å². The molecule has 2 nitrogen and oxygen atoms in total. The predicted octanol–water partition coefficient (Wildman–Crippen LogP) is 2.16. The van der Waals surface area contributed by atoms with E-state index in [9.17, 15) is 0 Å². The molecule has 0 aliphatic carbocycles. The zero-order chi connectivity index (χ0) is 11.7. The molecular formula is C14H28N2. The van der Waals surface area contributed by atoms with Crippen LogP contribution in [0.3, 0.4) is 0 Å². The Hall–Kier alpha value is -0.0800. The molecule has 94 valence electrons. The van der Waals surface area contributed by atoms with Gasteiger partial charge in [-0.3, -0.25) is 0 Å². The van der Waals surface area contributed by atoms with Crippen molar-refractivity contribution >= 4 is 0 Å². The minimum Gasteiger partial charge on any atom is -0.306 e. The van der Waals surface area contributed by atoms with Crippen molar-refractivity contribution in [2.24, 2.45) is 23.7 Å². The second-order valence-corrected chi connectivity index (χ2v) is 6.38. The SMILES string of the molecule is CC1CN(C)CCC1C1CCN(C)CC1C. The van der Waals surface area contributed by atoms with Crippen LogP contribution in [0.15, 0.2) is 0 Å². The van der Waals surface area contributed by atoms with E-state index in [1.165, 1.54) is 39.0 Å². The molecule has 2 aliphatic rings. The highest BCUT2D eigenvalue weighted by atomic mass is 15.1. The van der Waals surface area contributed by atoms with Crippen LogP contribution in [0.1, 0.15) is 26.7 Å². The Labute approximate surface area is 101 Å². The molecule has 0 bridgehead atoms. The van der Waals surface area contributed by atoms with E-state index in [1.54, 1.807) is 0 Å². The van der Waals surface area contributed by atoms with Crippen LogP contribution >= 0.6 is 0 Å². The zero-order valence-electron chi connectivity index (χ0n) is 11.4. The average Bonchev–Trinajstić information content (AvgIpc) is 2.19. The van der Waals surface area contributed by atoms with Crippen molar-refractivity contribution in [2.45, 2.75) is 26.7 Å². The smallest absolute Gasteiger partial charge is 0.000673 e. The van der Waals surface area contributed by atoms with E-state index >= 15 is 0 Å². The van der Waals surface area contributed by atoms with Gasteiger partial charge < -0.3 is 9.80 Å². The third-order valence-corrected chi connectivity index (χ3v) is 4.90. The quantitative estimate of drug-likeness (QED) is 0.673. The Morgan fingerprint density at radius 2 is 1.12 bits per heavy atom. The molecule has 0 aromatic carbocycles. The summed E-state index contributed by atoms with van der Waals surface area (Å²) in [5.74, 6) is 3.77. The lowest BCUT2D eigenvalue weighted by Gasteiger charge is -2.45. The second-order valence-electron chi connectivity index (χ2n) is 6.38. The summed E-state index contributed by atoms with van der Waals surface area (Å²) in [4.78, 5) is 5.00. The van der Waals surface area contributed by atoms with Gasteiger partial charge >= 0.3 is 0 Å². The fraction of sp³-hybridized carbons (Fsp3) is 1.00. The first-order valence-corrected chi connectivity index (χ1v) is 6.95. The Morgan fingerprint density at radius 3 is 1.44 bits per heavy atom. The van der Waals surface area contributed by atoms with E-state index in [0.29, 0.717) is 0 Å². The topological polar surface area (TPSA) is 6.48 Å². The summed E-state index contributed by atoms with van der Waals surface area (Å²) in [6, 6.07) is 0. The largest absolute Gasteiger partial charge is 0.306 e. The highest BCUT2D eigenvalue weighted by Gasteiger charge is 2.35. The van der Waals surface area contributed by atoms with Crippen LogP contribution < -0.4 is 0 Å². The van der Waals surface area contributed by atoms with Gasteiger partial charge in [-0.05, 0) is 63.7 Å². The van der Waals surface area contributed by atoms with E-state index in [-0.39, 0.29) is 0 Å². The first-order chi connectivity index (χ1) is 7.58. The summed E-state index contributed by atoms with van der Waals surface area (Å²) in [6.07, 6.45) is 2.85. The van der Waals surface area contributed by atoms with E-state index < -0.39 is 0 Å². The summed E-state index contributed by atoms with van der Waals surface area (Å²) in [5.41, 5.74) is 0. The second kappa shape index (κ2) is 5.05. The van der Waals surface area contributed by atoms with Crippen molar-refractivity contribution in [1.29, 1.82) is 0 Å². The molecule has 2 aliphatic heterocycles. The van der Waals surface area contributed by atoms with Crippen molar-refractivity contribution in [3.05, 3.63) is 0 Å². The number of nitrogens with zero attached hydrogens (tertiary/aromatic N) is 2. The lowest BCUT2D eigenvalue weighted by Crippen LogP contribution is -2.46. The van der Waals surface area contributed by atoms with Crippen molar-refractivity contribution < 1.29 is 0 Å². The maximum Gasteiger partial charge on any atom is 0.000673 e. The van der Waals surface area contributed by atoms with Gasteiger partial charge in [0, 0.05) is 13.1 Å². The predicted molar refractivity (Wildman–Crippen MR) is 69.5 cm³/mol. The van der Waals surface area contributed by atoms with Crippen LogP contribution in [0, 0.1) is 23.7 Å².